The maximum Gasteiger partial charge on any atom is 0.365 e. The van der Waals surface area contributed by atoms with Gasteiger partial charge in [0, 0.05) is 18.3 Å². The molecule has 0 aliphatic carbocycles. The van der Waals surface area contributed by atoms with Crippen LogP contribution in [-0.2, 0) is 9.53 Å². The lowest BCUT2D eigenvalue weighted by atomic mass is 10.3. The Kier molecular flexibility index (Phi) is 4.19. The van der Waals surface area contributed by atoms with Crippen LogP contribution in [0.1, 0.15) is 6.42 Å². The molecule has 0 radical (unpaired) electrons. The fourth-order valence-electron chi connectivity index (χ4n) is 1.04. The Balaban J connectivity index is 2.51. The third kappa shape index (κ3) is 3.52. The van der Waals surface area contributed by atoms with E-state index >= 15 is 0 Å². The standard InChI is InChI=1S/C9H11N3O4/c1-16-9(13)3-5-10-7-2-4-11-8(6-7)12(14)15/h2,4,6H,3,5H2,1H3,(H,10,11). The molecule has 1 aromatic heterocycles. The van der Waals surface area contributed by atoms with Crippen LogP contribution in [0.15, 0.2) is 18.3 Å². The van der Waals surface area contributed by atoms with Crippen molar-refractivity contribution >= 4 is 17.5 Å². The van der Waals surface area contributed by atoms with E-state index in [2.05, 4.69) is 15.0 Å². The maximum absolute atomic E-state index is 10.8. The molecule has 0 saturated heterocycles. The van der Waals surface area contributed by atoms with Gasteiger partial charge in [-0.15, -0.1) is 0 Å². The number of carbonyl (C=O) groups is 1. The molecule has 0 aliphatic heterocycles. The lowest BCUT2D eigenvalue weighted by Crippen LogP contribution is -2.09. The average molecular weight is 225 g/mol. The normalized spacial score (nSPS) is 9.56. The second-order valence-corrected chi connectivity index (χ2v) is 2.91. The highest BCUT2D eigenvalue weighted by molar-refractivity contribution is 5.69. The maximum atomic E-state index is 10.8. The van der Waals surface area contributed by atoms with Gasteiger partial charge in [0.15, 0.2) is 0 Å². The molecule has 0 amide bonds. The number of hydrogen-bond acceptors (Lipinski definition) is 6. The summed E-state index contributed by atoms with van der Waals surface area (Å²) in [6.45, 7) is 0.355. The minimum atomic E-state index is -0.578. The van der Waals surface area contributed by atoms with Crippen LogP contribution in [0.25, 0.3) is 0 Å². The SMILES string of the molecule is COC(=O)CCNc1ccnc([N+](=O)[O-])c1. The number of carbonyl (C=O) groups excluding carboxylic acids is 1. The molecule has 86 valence electrons. The summed E-state index contributed by atoms with van der Waals surface area (Å²) >= 11 is 0. The highest BCUT2D eigenvalue weighted by Gasteiger charge is 2.07. The molecule has 0 unspecified atom stereocenters. The zero-order chi connectivity index (χ0) is 12.0. The van der Waals surface area contributed by atoms with Crippen molar-refractivity contribution in [1.29, 1.82) is 0 Å². The Hall–Kier alpha value is -2.18. The first-order chi connectivity index (χ1) is 7.63. The van der Waals surface area contributed by atoms with E-state index in [0.29, 0.717) is 12.2 Å². The molecule has 0 bridgehead atoms. The third-order valence-electron chi connectivity index (χ3n) is 1.82. The van der Waals surface area contributed by atoms with Crippen LogP contribution in [-0.4, -0.2) is 29.5 Å². The summed E-state index contributed by atoms with van der Waals surface area (Å²) in [5.74, 6) is -0.570. The second-order valence-electron chi connectivity index (χ2n) is 2.91. The molecular weight excluding hydrogens is 214 g/mol. The largest absolute Gasteiger partial charge is 0.469 e. The van der Waals surface area contributed by atoms with Crippen molar-refractivity contribution in [3.63, 3.8) is 0 Å². The summed E-state index contributed by atoms with van der Waals surface area (Å²) in [6, 6.07) is 2.89. The summed E-state index contributed by atoms with van der Waals surface area (Å²) < 4.78 is 4.45. The van der Waals surface area contributed by atoms with Crippen molar-refractivity contribution in [2.24, 2.45) is 0 Å². The molecular formula is C9H11N3O4. The van der Waals surface area contributed by atoms with Gasteiger partial charge in [0.25, 0.3) is 0 Å². The molecule has 1 heterocycles. The number of nitro groups is 1. The molecule has 0 spiro atoms. The van der Waals surface area contributed by atoms with E-state index < -0.39 is 4.92 Å². The van der Waals surface area contributed by atoms with Crippen molar-refractivity contribution < 1.29 is 14.5 Å². The molecule has 0 aromatic carbocycles. The number of esters is 1. The van der Waals surface area contributed by atoms with Crippen LogP contribution in [0.3, 0.4) is 0 Å². The van der Waals surface area contributed by atoms with Gasteiger partial charge in [-0.05, 0) is 9.91 Å². The van der Waals surface area contributed by atoms with Crippen LogP contribution in [0.2, 0.25) is 0 Å². The zero-order valence-electron chi connectivity index (χ0n) is 8.67. The topological polar surface area (TPSA) is 94.4 Å². The number of aromatic nitrogens is 1. The number of nitrogens with zero attached hydrogens (tertiary/aromatic N) is 2. The zero-order valence-corrected chi connectivity index (χ0v) is 8.67. The van der Waals surface area contributed by atoms with E-state index in [0.717, 1.165) is 0 Å². The highest BCUT2D eigenvalue weighted by Crippen LogP contribution is 2.13. The highest BCUT2D eigenvalue weighted by atomic mass is 16.6. The quantitative estimate of drug-likeness (QED) is 0.455. The van der Waals surface area contributed by atoms with Crippen LogP contribution >= 0.6 is 0 Å². The van der Waals surface area contributed by atoms with Crippen molar-refractivity contribution in [2.45, 2.75) is 6.42 Å². The number of ether oxygens (including phenoxy) is 1. The van der Waals surface area contributed by atoms with E-state index in [1.54, 1.807) is 6.07 Å². The summed E-state index contributed by atoms with van der Waals surface area (Å²) in [4.78, 5) is 24.2. The van der Waals surface area contributed by atoms with Crippen LogP contribution in [0.4, 0.5) is 11.5 Å². The molecule has 0 saturated carbocycles. The van der Waals surface area contributed by atoms with E-state index in [1.165, 1.54) is 19.4 Å². The molecule has 0 atom stereocenters. The minimum Gasteiger partial charge on any atom is -0.469 e. The van der Waals surface area contributed by atoms with Gasteiger partial charge in [0.05, 0.1) is 19.6 Å². The van der Waals surface area contributed by atoms with Crippen LogP contribution < -0.4 is 5.32 Å². The molecule has 1 N–H and O–H groups in total. The number of hydrogen-bond donors (Lipinski definition) is 1. The number of nitrogens with one attached hydrogen (secondary N) is 1. The molecule has 1 rings (SSSR count). The molecule has 0 aliphatic rings. The first-order valence-corrected chi connectivity index (χ1v) is 4.54. The summed E-state index contributed by atoms with van der Waals surface area (Å²) in [7, 11) is 1.31. The van der Waals surface area contributed by atoms with Crippen molar-refractivity contribution in [3.05, 3.63) is 28.4 Å². The molecule has 16 heavy (non-hydrogen) atoms. The minimum absolute atomic E-state index is 0.201. The van der Waals surface area contributed by atoms with Crippen molar-refractivity contribution in [3.8, 4) is 0 Å². The van der Waals surface area contributed by atoms with Gasteiger partial charge in [-0.2, -0.15) is 0 Å². The van der Waals surface area contributed by atoms with Gasteiger partial charge in [0.1, 0.15) is 6.20 Å². The fourth-order valence-corrected chi connectivity index (χ4v) is 1.04. The van der Waals surface area contributed by atoms with E-state index in [-0.39, 0.29) is 18.2 Å². The molecule has 7 heteroatoms. The molecule has 0 fully saturated rings. The number of methoxy groups -OCH3 is 1. The van der Waals surface area contributed by atoms with Crippen LogP contribution in [0, 0.1) is 10.1 Å². The predicted molar refractivity (Wildman–Crippen MR) is 56.0 cm³/mol. The lowest BCUT2D eigenvalue weighted by Gasteiger charge is -2.04. The molecule has 7 nitrogen and oxygen atoms in total. The van der Waals surface area contributed by atoms with Gasteiger partial charge in [-0.1, -0.05) is 0 Å². The first kappa shape index (κ1) is 11.9. The lowest BCUT2D eigenvalue weighted by molar-refractivity contribution is -0.389. The monoisotopic (exact) mass is 225 g/mol. The fraction of sp³-hybridized carbons (Fsp3) is 0.333. The smallest absolute Gasteiger partial charge is 0.365 e. The van der Waals surface area contributed by atoms with Gasteiger partial charge < -0.3 is 20.2 Å². The van der Waals surface area contributed by atoms with Gasteiger partial charge >= 0.3 is 11.8 Å². The van der Waals surface area contributed by atoms with Gasteiger partial charge in [-0.25, -0.2) is 0 Å². The second kappa shape index (κ2) is 5.64. The van der Waals surface area contributed by atoms with Crippen molar-refractivity contribution in [1.82, 2.24) is 4.98 Å². The van der Waals surface area contributed by atoms with E-state index in [4.69, 9.17) is 0 Å². The van der Waals surface area contributed by atoms with E-state index in [1.807, 2.05) is 0 Å². The Bertz CT molecular complexity index is 394. The summed E-state index contributed by atoms with van der Waals surface area (Å²) in [5, 5.41) is 13.3. The number of rotatable bonds is 5. The van der Waals surface area contributed by atoms with Gasteiger partial charge in [0.2, 0.25) is 0 Å². The Morgan fingerprint density at radius 2 is 2.44 bits per heavy atom. The predicted octanol–water partition coefficient (Wildman–Crippen LogP) is 0.965. The van der Waals surface area contributed by atoms with Crippen LogP contribution in [0.5, 0.6) is 0 Å². The number of anilines is 1. The number of pyridine rings is 1. The summed E-state index contributed by atoms with van der Waals surface area (Å²) in [6.07, 6.45) is 1.53. The Labute approximate surface area is 91.6 Å². The molecule has 1 aromatic rings. The average Bonchev–Trinajstić information content (AvgIpc) is 2.29. The van der Waals surface area contributed by atoms with Gasteiger partial charge in [-0.3, -0.25) is 4.79 Å². The Morgan fingerprint density at radius 3 is 3.06 bits per heavy atom. The third-order valence-corrected chi connectivity index (χ3v) is 1.82. The summed E-state index contributed by atoms with van der Waals surface area (Å²) in [5.41, 5.74) is 0.547. The van der Waals surface area contributed by atoms with Crippen molar-refractivity contribution in [2.75, 3.05) is 19.0 Å². The van der Waals surface area contributed by atoms with E-state index in [9.17, 15) is 14.9 Å². The first-order valence-electron chi connectivity index (χ1n) is 4.54. The Morgan fingerprint density at radius 1 is 1.69 bits per heavy atom.